The molecule has 12 heavy (non-hydrogen) atoms. The van der Waals surface area contributed by atoms with E-state index in [9.17, 15) is 5.11 Å². The first-order chi connectivity index (χ1) is 5.10. The fourth-order valence-corrected chi connectivity index (χ4v) is 1.62. The van der Waals surface area contributed by atoms with Gasteiger partial charge in [-0.05, 0) is 27.7 Å². The number of aliphatic hydroxyl groups is 1. The molecule has 0 aromatic heterocycles. The van der Waals surface area contributed by atoms with Crippen LogP contribution in [-0.2, 0) is 0 Å². The minimum atomic E-state index is -0.171. The van der Waals surface area contributed by atoms with Crippen molar-refractivity contribution < 1.29 is 33.6 Å². The average molecular weight is 287 g/mol. The fraction of sp³-hybridized carbons (Fsp3) is 1.00. The van der Waals surface area contributed by atoms with Gasteiger partial charge in [0.2, 0.25) is 0 Å². The lowest BCUT2D eigenvalue weighted by Crippen LogP contribution is -3.00. The maximum Gasteiger partial charge on any atom is 0.105 e. The first kappa shape index (κ1) is 15.1. The van der Waals surface area contributed by atoms with E-state index in [1.807, 2.05) is 6.92 Å². The van der Waals surface area contributed by atoms with Crippen LogP contribution >= 0.6 is 0 Å². The molecule has 0 saturated carbocycles. The third-order valence-corrected chi connectivity index (χ3v) is 2.66. The first-order valence-corrected chi connectivity index (χ1v) is 4.63. The van der Waals surface area contributed by atoms with Gasteiger partial charge in [-0.15, -0.1) is 0 Å². The number of quaternary nitrogens is 1. The minimum Gasteiger partial charge on any atom is -1.00 e. The Morgan fingerprint density at radius 3 is 1.50 bits per heavy atom. The molecule has 3 heteroatoms. The van der Waals surface area contributed by atoms with E-state index in [0.29, 0.717) is 0 Å². The van der Waals surface area contributed by atoms with Crippen LogP contribution in [0.25, 0.3) is 0 Å². The second-order valence-corrected chi connectivity index (χ2v) is 3.32. The number of rotatable bonds is 5. The standard InChI is InChI=1S/C9H22NO.HI/c1-5-10(6-2,7-3)8-9(4)11;/h9,11H,5-8H2,1-4H3;1H/q+1;/p-1. The summed E-state index contributed by atoms with van der Waals surface area (Å²) in [5.41, 5.74) is 0. The van der Waals surface area contributed by atoms with Gasteiger partial charge in [-0.1, -0.05) is 0 Å². The summed E-state index contributed by atoms with van der Waals surface area (Å²) >= 11 is 0. The van der Waals surface area contributed by atoms with Gasteiger partial charge < -0.3 is 33.6 Å². The van der Waals surface area contributed by atoms with Crippen LogP contribution in [-0.4, -0.2) is 41.9 Å². The van der Waals surface area contributed by atoms with Gasteiger partial charge in [-0.3, -0.25) is 0 Å². The topological polar surface area (TPSA) is 20.2 Å². The molecular weight excluding hydrogens is 265 g/mol. The molecule has 0 fully saturated rings. The van der Waals surface area contributed by atoms with Gasteiger partial charge in [0.15, 0.2) is 0 Å². The molecule has 2 nitrogen and oxygen atoms in total. The quantitative estimate of drug-likeness (QED) is 0.470. The first-order valence-electron chi connectivity index (χ1n) is 4.63. The van der Waals surface area contributed by atoms with E-state index in [-0.39, 0.29) is 30.1 Å². The molecule has 0 aliphatic rings. The van der Waals surface area contributed by atoms with Crippen molar-refractivity contribution in [2.75, 3.05) is 26.2 Å². The van der Waals surface area contributed by atoms with Crippen molar-refractivity contribution in [2.24, 2.45) is 0 Å². The highest BCUT2D eigenvalue weighted by atomic mass is 127. The zero-order chi connectivity index (χ0) is 8.91. The molecule has 0 aromatic rings. The molecule has 0 amide bonds. The van der Waals surface area contributed by atoms with Crippen molar-refractivity contribution in [2.45, 2.75) is 33.8 Å². The van der Waals surface area contributed by atoms with Crippen molar-refractivity contribution in [1.29, 1.82) is 0 Å². The minimum absolute atomic E-state index is 0. The highest BCUT2D eigenvalue weighted by Gasteiger charge is 2.22. The number of halogens is 1. The normalized spacial score (nSPS) is 13.8. The Morgan fingerprint density at radius 2 is 1.42 bits per heavy atom. The Labute approximate surface area is 93.6 Å². The number of hydrogen-bond acceptors (Lipinski definition) is 1. The van der Waals surface area contributed by atoms with E-state index >= 15 is 0 Å². The zero-order valence-electron chi connectivity index (χ0n) is 8.68. The van der Waals surface area contributed by atoms with Crippen LogP contribution in [0.15, 0.2) is 0 Å². The Kier molecular flexibility index (Phi) is 8.95. The second kappa shape index (κ2) is 7.09. The molecule has 76 valence electrons. The summed E-state index contributed by atoms with van der Waals surface area (Å²) in [4.78, 5) is 0. The lowest BCUT2D eigenvalue weighted by molar-refractivity contribution is -0.925. The summed E-state index contributed by atoms with van der Waals surface area (Å²) in [6, 6.07) is 0. The van der Waals surface area contributed by atoms with Gasteiger partial charge in [-0.2, -0.15) is 0 Å². The Hall–Kier alpha value is 0.650. The lowest BCUT2D eigenvalue weighted by Gasteiger charge is -2.36. The van der Waals surface area contributed by atoms with Crippen molar-refractivity contribution in [3.05, 3.63) is 0 Å². The number of likely N-dealkylation sites (N-methyl/N-ethyl adjacent to an activating group) is 1. The predicted octanol–water partition coefficient (Wildman–Crippen LogP) is -1.75. The molecule has 1 atom stereocenters. The third-order valence-electron chi connectivity index (χ3n) is 2.66. The SMILES string of the molecule is CC[N+](CC)(CC)CC(C)O.[I-]. The molecule has 0 bridgehead atoms. The molecule has 0 spiro atoms. The van der Waals surface area contributed by atoms with Crippen molar-refractivity contribution >= 4 is 0 Å². The van der Waals surface area contributed by atoms with Crippen LogP contribution < -0.4 is 24.0 Å². The van der Waals surface area contributed by atoms with Gasteiger partial charge in [0.05, 0.1) is 19.6 Å². The van der Waals surface area contributed by atoms with Crippen LogP contribution in [0.4, 0.5) is 0 Å². The number of aliphatic hydroxyl groups excluding tert-OH is 1. The molecular formula is C9H22INO. The molecule has 0 aliphatic heterocycles. The van der Waals surface area contributed by atoms with Crippen molar-refractivity contribution in [3.8, 4) is 0 Å². The smallest absolute Gasteiger partial charge is 0.105 e. The monoisotopic (exact) mass is 287 g/mol. The van der Waals surface area contributed by atoms with Crippen molar-refractivity contribution in [3.63, 3.8) is 0 Å². The number of nitrogens with zero attached hydrogens (tertiary/aromatic N) is 1. The maximum absolute atomic E-state index is 9.27. The van der Waals surface area contributed by atoms with E-state index in [2.05, 4.69) is 20.8 Å². The summed E-state index contributed by atoms with van der Waals surface area (Å²) in [6.07, 6.45) is -0.171. The van der Waals surface area contributed by atoms with Gasteiger partial charge in [0, 0.05) is 0 Å². The van der Waals surface area contributed by atoms with Crippen LogP contribution in [0.1, 0.15) is 27.7 Å². The van der Waals surface area contributed by atoms with Gasteiger partial charge >= 0.3 is 0 Å². The summed E-state index contributed by atoms with van der Waals surface area (Å²) in [5.74, 6) is 0. The predicted molar refractivity (Wildman–Crippen MR) is 48.4 cm³/mol. The average Bonchev–Trinajstić information content (AvgIpc) is 2.00. The van der Waals surface area contributed by atoms with Gasteiger partial charge in [0.1, 0.15) is 12.6 Å². The van der Waals surface area contributed by atoms with Gasteiger partial charge in [0.25, 0.3) is 0 Å². The Balaban J connectivity index is 0. The van der Waals surface area contributed by atoms with Crippen LogP contribution in [0.2, 0.25) is 0 Å². The maximum atomic E-state index is 9.27. The van der Waals surface area contributed by atoms with Crippen LogP contribution in [0, 0.1) is 0 Å². The molecule has 0 aromatic carbocycles. The Morgan fingerprint density at radius 1 is 1.08 bits per heavy atom. The van der Waals surface area contributed by atoms with E-state index in [1.165, 1.54) is 0 Å². The van der Waals surface area contributed by atoms with Crippen molar-refractivity contribution in [1.82, 2.24) is 0 Å². The number of hydrogen-bond donors (Lipinski definition) is 1. The van der Waals surface area contributed by atoms with E-state index < -0.39 is 0 Å². The van der Waals surface area contributed by atoms with Gasteiger partial charge in [-0.25, -0.2) is 0 Å². The molecule has 0 rings (SSSR count). The summed E-state index contributed by atoms with van der Waals surface area (Å²) < 4.78 is 1.04. The molecule has 1 unspecified atom stereocenters. The molecule has 0 aliphatic carbocycles. The largest absolute Gasteiger partial charge is 1.00 e. The summed E-state index contributed by atoms with van der Waals surface area (Å²) in [7, 11) is 0. The zero-order valence-corrected chi connectivity index (χ0v) is 10.8. The fourth-order valence-electron chi connectivity index (χ4n) is 1.62. The third kappa shape index (κ3) is 4.62. The molecule has 1 N–H and O–H groups in total. The molecule has 0 radical (unpaired) electrons. The summed E-state index contributed by atoms with van der Waals surface area (Å²) in [6.45, 7) is 12.7. The lowest BCUT2D eigenvalue weighted by atomic mass is 10.2. The highest BCUT2D eigenvalue weighted by Crippen LogP contribution is 2.06. The van der Waals surface area contributed by atoms with E-state index in [4.69, 9.17) is 0 Å². The Bertz CT molecular complexity index is 94.4. The van der Waals surface area contributed by atoms with Crippen LogP contribution in [0.3, 0.4) is 0 Å². The summed E-state index contributed by atoms with van der Waals surface area (Å²) in [5, 5.41) is 9.27. The second-order valence-electron chi connectivity index (χ2n) is 3.32. The van der Waals surface area contributed by atoms with Crippen LogP contribution in [0.5, 0.6) is 0 Å². The molecule has 0 heterocycles. The molecule has 0 saturated heterocycles. The van der Waals surface area contributed by atoms with E-state index in [0.717, 1.165) is 30.7 Å². The van der Waals surface area contributed by atoms with E-state index in [1.54, 1.807) is 0 Å². The highest BCUT2D eigenvalue weighted by molar-refractivity contribution is 4.45.